The van der Waals surface area contributed by atoms with Gasteiger partial charge >= 0.3 is 0 Å². The topological polar surface area (TPSA) is 58.4 Å². The van der Waals surface area contributed by atoms with E-state index < -0.39 is 0 Å². The van der Waals surface area contributed by atoms with Gasteiger partial charge in [-0.1, -0.05) is 11.6 Å². The van der Waals surface area contributed by atoms with E-state index in [-0.39, 0.29) is 11.4 Å². The van der Waals surface area contributed by atoms with Crippen molar-refractivity contribution >= 4 is 28.9 Å². The van der Waals surface area contributed by atoms with E-state index in [4.69, 9.17) is 17.3 Å². The summed E-state index contributed by atoms with van der Waals surface area (Å²) < 4.78 is 0. The number of rotatable bonds is 3. The fourth-order valence-electron chi connectivity index (χ4n) is 2.46. The first-order valence-electron chi connectivity index (χ1n) is 6.48. The molecule has 1 aliphatic rings. The van der Waals surface area contributed by atoms with Crippen LogP contribution in [0.3, 0.4) is 0 Å². The average Bonchev–Trinajstić information content (AvgIpc) is 2.63. The third kappa shape index (κ3) is 3.39. The number of halogens is 1. The third-order valence-corrected chi connectivity index (χ3v) is 4.00. The van der Waals surface area contributed by atoms with Gasteiger partial charge in [0.05, 0.1) is 17.3 Å². The SMILES string of the molecule is CC1(C)CCCN1CC(=O)Nc1cc(N)ccc1Cl. The first-order valence-corrected chi connectivity index (χ1v) is 6.86. The molecule has 1 heterocycles. The number of benzene rings is 1. The molecule has 0 bridgehead atoms. The van der Waals surface area contributed by atoms with Crippen LogP contribution < -0.4 is 11.1 Å². The van der Waals surface area contributed by atoms with E-state index in [1.54, 1.807) is 18.2 Å². The predicted molar refractivity (Wildman–Crippen MR) is 79.4 cm³/mol. The molecule has 0 spiro atoms. The lowest BCUT2D eigenvalue weighted by Gasteiger charge is -2.30. The van der Waals surface area contributed by atoms with Crippen molar-refractivity contribution in [3.05, 3.63) is 23.2 Å². The molecule has 1 amide bonds. The first-order chi connectivity index (χ1) is 8.88. The number of amides is 1. The van der Waals surface area contributed by atoms with Crippen molar-refractivity contribution < 1.29 is 4.79 Å². The molecule has 0 atom stereocenters. The van der Waals surface area contributed by atoms with Gasteiger partial charge in [-0.05, 0) is 51.4 Å². The van der Waals surface area contributed by atoms with Crippen LogP contribution in [-0.2, 0) is 4.79 Å². The van der Waals surface area contributed by atoms with Crippen LogP contribution >= 0.6 is 11.6 Å². The summed E-state index contributed by atoms with van der Waals surface area (Å²) >= 11 is 6.03. The number of likely N-dealkylation sites (tertiary alicyclic amines) is 1. The van der Waals surface area contributed by atoms with Crippen LogP contribution in [0, 0.1) is 0 Å². The monoisotopic (exact) mass is 281 g/mol. The van der Waals surface area contributed by atoms with Crippen LogP contribution in [0.5, 0.6) is 0 Å². The predicted octanol–water partition coefficient (Wildman–Crippen LogP) is 2.74. The Balaban J connectivity index is 2.00. The van der Waals surface area contributed by atoms with Gasteiger partial charge in [0.25, 0.3) is 0 Å². The van der Waals surface area contributed by atoms with Crippen molar-refractivity contribution in [1.29, 1.82) is 0 Å². The zero-order chi connectivity index (χ0) is 14.0. The van der Waals surface area contributed by atoms with Gasteiger partial charge in [-0.25, -0.2) is 0 Å². The number of nitrogens with one attached hydrogen (secondary N) is 1. The highest BCUT2D eigenvalue weighted by Gasteiger charge is 2.32. The Kier molecular flexibility index (Phi) is 4.02. The van der Waals surface area contributed by atoms with Crippen molar-refractivity contribution in [3.8, 4) is 0 Å². The van der Waals surface area contributed by atoms with Gasteiger partial charge in [0.15, 0.2) is 0 Å². The Morgan fingerprint density at radius 1 is 1.53 bits per heavy atom. The highest BCUT2D eigenvalue weighted by atomic mass is 35.5. The van der Waals surface area contributed by atoms with Gasteiger partial charge in [0.1, 0.15) is 0 Å². The summed E-state index contributed by atoms with van der Waals surface area (Å²) in [6, 6.07) is 5.07. The number of nitrogens with two attached hydrogens (primary N) is 1. The minimum absolute atomic E-state index is 0.0533. The standard InChI is InChI=1S/C14H20ClN3O/c1-14(2)6-3-7-18(14)9-13(19)17-12-8-10(16)4-5-11(12)15/h4-5,8H,3,6-7,9,16H2,1-2H3,(H,17,19). The molecule has 1 aromatic carbocycles. The van der Waals surface area contributed by atoms with Gasteiger partial charge in [-0.15, -0.1) is 0 Å². The van der Waals surface area contributed by atoms with E-state index >= 15 is 0 Å². The second-order valence-corrected chi connectivity index (χ2v) is 6.03. The molecule has 5 heteroatoms. The molecule has 1 saturated heterocycles. The molecular weight excluding hydrogens is 262 g/mol. The van der Waals surface area contributed by atoms with Crippen LogP contribution in [-0.4, -0.2) is 29.4 Å². The molecule has 0 unspecified atom stereocenters. The van der Waals surface area contributed by atoms with E-state index in [1.165, 1.54) is 0 Å². The highest BCUT2D eigenvalue weighted by molar-refractivity contribution is 6.33. The lowest BCUT2D eigenvalue weighted by Crippen LogP contribution is -2.42. The van der Waals surface area contributed by atoms with Crippen molar-refractivity contribution in [1.82, 2.24) is 4.90 Å². The Morgan fingerprint density at radius 2 is 2.26 bits per heavy atom. The summed E-state index contributed by atoms with van der Waals surface area (Å²) in [4.78, 5) is 14.3. The maximum atomic E-state index is 12.1. The summed E-state index contributed by atoms with van der Waals surface area (Å²) in [5.74, 6) is -0.0533. The van der Waals surface area contributed by atoms with Crippen molar-refractivity contribution in [2.24, 2.45) is 0 Å². The second kappa shape index (κ2) is 5.39. The van der Waals surface area contributed by atoms with Crippen LogP contribution in [0.25, 0.3) is 0 Å². The smallest absolute Gasteiger partial charge is 0.238 e. The fourth-order valence-corrected chi connectivity index (χ4v) is 2.62. The minimum atomic E-state index is -0.0533. The molecule has 104 valence electrons. The van der Waals surface area contributed by atoms with Crippen molar-refractivity contribution in [2.45, 2.75) is 32.2 Å². The summed E-state index contributed by atoms with van der Waals surface area (Å²) in [5, 5.41) is 3.33. The molecule has 3 N–H and O–H groups in total. The normalized spacial score (nSPS) is 18.5. The van der Waals surface area contributed by atoms with Gasteiger partial charge in [-0.3, -0.25) is 9.69 Å². The van der Waals surface area contributed by atoms with Crippen molar-refractivity contribution in [2.75, 3.05) is 24.1 Å². The van der Waals surface area contributed by atoms with Crippen LogP contribution in [0.15, 0.2) is 18.2 Å². The Labute approximate surface area is 118 Å². The van der Waals surface area contributed by atoms with Gasteiger partial charge in [0.2, 0.25) is 5.91 Å². The molecule has 1 fully saturated rings. The van der Waals surface area contributed by atoms with Crippen LogP contribution in [0.1, 0.15) is 26.7 Å². The summed E-state index contributed by atoms with van der Waals surface area (Å²) in [7, 11) is 0. The molecule has 2 rings (SSSR count). The number of nitrogens with zero attached hydrogens (tertiary/aromatic N) is 1. The summed E-state index contributed by atoms with van der Waals surface area (Å²) in [6.45, 7) is 5.69. The lowest BCUT2D eigenvalue weighted by molar-refractivity contribution is -0.118. The summed E-state index contributed by atoms with van der Waals surface area (Å²) in [5.41, 5.74) is 6.94. The number of nitrogen functional groups attached to an aromatic ring is 1. The van der Waals surface area contributed by atoms with E-state index in [0.29, 0.717) is 22.9 Å². The quantitative estimate of drug-likeness (QED) is 0.838. The van der Waals surface area contributed by atoms with Crippen LogP contribution in [0.2, 0.25) is 5.02 Å². The second-order valence-electron chi connectivity index (χ2n) is 5.63. The van der Waals surface area contributed by atoms with Crippen molar-refractivity contribution in [3.63, 3.8) is 0 Å². The number of hydrogen-bond acceptors (Lipinski definition) is 3. The zero-order valence-electron chi connectivity index (χ0n) is 11.4. The minimum Gasteiger partial charge on any atom is -0.399 e. The lowest BCUT2D eigenvalue weighted by atomic mass is 10.0. The maximum absolute atomic E-state index is 12.1. The van der Waals surface area contributed by atoms with Crippen LogP contribution in [0.4, 0.5) is 11.4 Å². The molecule has 0 aliphatic carbocycles. The van der Waals surface area contributed by atoms with Gasteiger partial charge in [0, 0.05) is 11.2 Å². The van der Waals surface area contributed by atoms with E-state index in [0.717, 1.165) is 19.4 Å². The molecule has 0 aromatic heterocycles. The molecule has 1 aromatic rings. The molecular formula is C14H20ClN3O. The number of anilines is 2. The zero-order valence-corrected chi connectivity index (χ0v) is 12.1. The number of hydrogen-bond donors (Lipinski definition) is 2. The Bertz CT molecular complexity index is 488. The molecule has 4 nitrogen and oxygen atoms in total. The maximum Gasteiger partial charge on any atom is 0.238 e. The van der Waals surface area contributed by atoms with E-state index in [2.05, 4.69) is 24.1 Å². The fraction of sp³-hybridized carbons (Fsp3) is 0.500. The number of carbonyl (C=O) groups is 1. The van der Waals surface area contributed by atoms with E-state index in [9.17, 15) is 4.79 Å². The molecule has 0 radical (unpaired) electrons. The highest BCUT2D eigenvalue weighted by Crippen LogP contribution is 2.28. The Hall–Kier alpha value is -1.26. The number of carbonyl (C=O) groups excluding carboxylic acids is 1. The third-order valence-electron chi connectivity index (χ3n) is 3.67. The molecule has 19 heavy (non-hydrogen) atoms. The largest absolute Gasteiger partial charge is 0.399 e. The van der Waals surface area contributed by atoms with Gasteiger partial charge in [-0.2, -0.15) is 0 Å². The molecule has 0 saturated carbocycles. The Morgan fingerprint density at radius 3 is 2.89 bits per heavy atom. The summed E-state index contributed by atoms with van der Waals surface area (Å²) in [6.07, 6.45) is 2.26. The van der Waals surface area contributed by atoms with E-state index in [1.807, 2.05) is 0 Å². The molecule has 1 aliphatic heterocycles. The average molecular weight is 282 g/mol. The first kappa shape index (κ1) is 14.2. The van der Waals surface area contributed by atoms with Gasteiger partial charge < -0.3 is 11.1 Å².